The predicted molar refractivity (Wildman–Crippen MR) is 329 cm³/mol. The maximum absolute atomic E-state index is 2.86. The van der Waals surface area contributed by atoms with Crippen molar-refractivity contribution in [2.45, 2.75) is 193 Å². The zero-order chi connectivity index (χ0) is 53.7. The third-order valence-corrected chi connectivity index (χ3v) is 19.8. The fourth-order valence-corrected chi connectivity index (χ4v) is 14.8. The van der Waals surface area contributed by atoms with E-state index in [1.807, 2.05) is 0 Å². The van der Waals surface area contributed by atoms with E-state index in [0.29, 0.717) is 0 Å². The van der Waals surface area contributed by atoms with Crippen molar-refractivity contribution in [3.05, 3.63) is 173 Å². The molecule has 0 saturated heterocycles. The van der Waals surface area contributed by atoms with Crippen LogP contribution in [0.1, 0.15) is 189 Å². The van der Waals surface area contributed by atoms with E-state index < -0.39 is 0 Å². The van der Waals surface area contributed by atoms with Crippen molar-refractivity contribution in [2.24, 2.45) is 0 Å². The lowest BCUT2D eigenvalue weighted by Crippen LogP contribution is -2.62. The van der Waals surface area contributed by atoms with Gasteiger partial charge in [0.15, 0.2) is 0 Å². The Labute approximate surface area is 458 Å². The van der Waals surface area contributed by atoms with E-state index >= 15 is 0 Å². The highest BCUT2D eigenvalue weighted by molar-refractivity contribution is 7.00. The molecule has 2 unspecified atom stereocenters. The number of fused-ring (bicyclic) bond motifs is 8. The fourth-order valence-electron chi connectivity index (χ4n) is 14.8. The average Bonchev–Trinajstić information content (AvgIpc) is 3.73. The van der Waals surface area contributed by atoms with Crippen LogP contribution in [-0.2, 0) is 32.5 Å². The fraction of sp³-hybridized carbons (Fsp3) is 0.417. The van der Waals surface area contributed by atoms with Crippen molar-refractivity contribution in [2.75, 3.05) is 14.7 Å². The number of nitrogens with zero attached hydrogens (tertiary/aromatic N) is 3. The van der Waals surface area contributed by atoms with E-state index in [0.717, 1.165) is 19.3 Å². The van der Waals surface area contributed by atoms with Crippen LogP contribution in [0.2, 0.25) is 0 Å². The molecule has 5 aliphatic rings. The molecule has 1 fully saturated rings. The van der Waals surface area contributed by atoms with Crippen LogP contribution in [0, 0.1) is 0 Å². The molecule has 0 aromatic heterocycles. The predicted octanol–water partition coefficient (Wildman–Crippen LogP) is 18.2. The van der Waals surface area contributed by atoms with E-state index in [4.69, 9.17) is 0 Å². The van der Waals surface area contributed by atoms with Gasteiger partial charge in [-0.05, 0) is 170 Å². The molecule has 390 valence electrons. The summed E-state index contributed by atoms with van der Waals surface area (Å²) in [6.07, 6.45) is 9.71. The topological polar surface area (TPSA) is 9.72 Å². The third-order valence-electron chi connectivity index (χ3n) is 19.8. The first-order valence-corrected chi connectivity index (χ1v) is 29.1. The third kappa shape index (κ3) is 7.79. The number of anilines is 8. The first kappa shape index (κ1) is 50.8. The van der Waals surface area contributed by atoms with Crippen LogP contribution in [0.3, 0.4) is 0 Å². The molecule has 0 spiro atoms. The Kier molecular flexibility index (Phi) is 11.5. The molecular weight excluding hydrogens is 918 g/mol. The summed E-state index contributed by atoms with van der Waals surface area (Å²) in [5.41, 5.74) is 25.2. The second-order valence-electron chi connectivity index (χ2n) is 28.8. The monoisotopic (exact) mass is 1000 g/mol. The van der Waals surface area contributed by atoms with Gasteiger partial charge >= 0.3 is 0 Å². The summed E-state index contributed by atoms with van der Waals surface area (Å²) in [7, 11) is 0. The van der Waals surface area contributed by atoms with Gasteiger partial charge in [0.1, 0.15) is 0 Å². The molecule has 0 N–H and O–H groups in total. The van der Waals surface area contributed by atoms with Crippen molar-refractivity contribution in [1.82, 2.24) is 0 Å². The molecule has 7 aromatic rings. The molecular formula is C72H84BN3. The number of para-hydroxylation sites is 1. The summed E-state index contributed by atoms with van der Waals surface area (Å²) < 4.78 is 0. The van der Waals surface area contributed by atoms with Crippen LogP contribution in [0.4, 0.5) is 45.5 Å². The van der Waals surface area contributed by atoms with Crippen molar-refractivity contribution in [3.63, 3.8) is 0 Å². The van der Waals surface area contributed by atoms with E-state index in [1.54, 1.807) is 0 Å². The molecule has 4 heteroatoms. The molecule has 2 atom stereocenters. The summed E-state index contributed by atoms with van der Waals surface area (Å²) in [6.45, 7) is 36.5. The first-order valence-electron chi connectivity index (χ1n) is 29.1. The lowest BCUT2D eigenvalue weighted by molar-refractivity contribution is 0.218. The molecule has 3 nitrogen and oxygen atoms in total. The van der Waals surface area contributed by atoms with Gasteiger partial charge in [-0.3, -0.25) is 0 Å². The second kappa shape index (κ2) is 17.3. The Morgan fingerprint density at radius 1 is 0.395 bits per heavy atom. The van der Waals surface area contributed by atoms with Crippen molar-refractivity contribution in [3.8, 4) is 11.1 Å². The number of rotatable bonds is 4. The summed E-state index contributed by atoms with van der Waals surface area (Å²) in [6, 6.07) is 56.0. The molecule has 1 saturated carbocycles. The SMILES string of the molecule is CC(C)(C)c1cccc(N2c3cc(C(C)(C)C)ccc3B3c4cc5c(cc4N(c4ccc(C(C)(C)C)cc4-c4ccccc4)c4cc(N6c7ccccc7C7(C)CCCCCCC67C)cc2c43)C(C)(C)CCC5(C)C)c1. The second-order valence-corrected chi connectivity index (χ2v) is 28.8. The van der Waals surface area contributed by atoms with E-state index in [9.17, 15) is 0 Å². The Hall–Kier alpha value is -6.00. The molecule has 7 aromatic carbocycles. The highest BCUT2D eigenvalue weighted by atomic mass is 15.3. The van der Waals surface area contributed by atoms with Crippen LogP contribution in [0.25, 0.3) is 11.1 Å². The van der Waals surface area contributed by atoms with Gasteiger partial charge in [0.25, 0.3) is 6.71 Å². The molecule has 2 aliphatic carbocycles. The minimum absolute atomic E-state index is 0.00859. The zero-order valence-electron chi connectivity index (χ0n) is 48.9. The molecule has 76 heavy (non-hydrogen) atoms. The Morgan fingerprint density at radius 3 is 1.66 bits per heavy atom. The number of benzene rings is 7. The van der Waals surface area contributed by atoms with Crippen molar-refractivity contribution >= 4 is 68.6 Å². The molecule has 0 radical (unpaired) electrons. The van der Waals surface area contributed by atoms with Gasteiger partial charge in [-0.25, -0.2) is 0 Å². The molecule has 3 aliphatic heterocycles. The van der Waals surface area contributed by atoms with E-state index in [2.05, 4.69) is 258 Å². The molecule has 0 bridgehead atoms. The number of hydrogen-bond donors (Lipinski definition) is 0. The maximum atomic E-state index is 2.86. The lowest BCUT2D eigenvalue weighted by Gasteiger charge is -2.50. The molecule has 0 amide bonds. The van der Waals surface area contributed by atoms with Crippen LogP contribution in [0.15, 0.2) is 140 Å². The maximum Gasteiger partial charge on any atom is 0.252 e. The Balaban J connectivity index is 1.27. The number of hydrogen-bond acceptors (Lipinski definition) is 3. The van der Waals surface area contributed by atoms with Crippen molar-refractivity contribution < 1.29 is 0 Å². The van der Waals surface area contributed by atoms with Crippen LogP contribution in [-0.4, -0.2) is 12.3 Å². The van der Waals surface area contributed by atoms with Crippen molar-refractivity contribution in [1.29, 1.82) is 0 Å². The standard InChI is InChI=1S/C72H84BN3/c1-66(2,3)48-28-25-29-51(40-48)74-61-42-50(68(7,8)9)32-34-57(61)73-58-45-55-56(70(12,13)39-38-69(55,10)11)46-62(58)75(59-35-33-49(67(4,5)6)41-53(59)47-26-19-18-20-27-47)64-44-52(43-63(74)65(64)73)76-60-31-22-21-30-54(60)71(14)36-23-16-17-24-37-72(71,76)15/h18-22,25-35,40-46H,16-17,23-24,36-39H2,1-15H3. The van der Waals surface area contributed by atoms with Gasteiger partial charge < -0.3 is 14.7 Å². The smallest absolute Gasteiger partial charge is 0.252 e. The summed E-state index contributed by atoms with van der Waals surface area (Å²) in [4.78, 5) is 8.33. The minimum atomic E-state index is -0.157. The van der Waals surface area contributed by atoms with E-state index in [1.165, 1.54) is 138 Å². The Bertz CT molecular complexity index is 3450. The van der Waals surface area contributed by atoms with Gasteiger partial charge in [0.2, 0.25) is 0 Å². The Morgan fingerprint density at radius 2 is 0.974 bits per heavy atom. The van der Waals surface area contributed by atoms with Gasteiger partial charge in [0.05, 0.1) is 11.2 Å². The van der Waals surface area contributed by atoms with Gasteiger partial charge in [-0.1, -0.05) is 208 Å². The summed E-state index contributed by atoms with van der Waals surface area (Å²) >= 11 is 0. The average molecular weight is 1000 g/mol. The highest BCUT2D eigenvalue weighted by Crippen LogP contribution is 2.61. The quantitative estimate of drug-likeness (QED) is 0.163. The van der Waals surface area contributed by atoms with Gasteiger partial charge in [0, 0.05) is 50.8 Å². The minimum Gasteiger partial charge on any atom is -0.334 e. The zero-order valence-corrected chi connectivity index (χ0v) is 48.9. The summed E-state index contributed by atoms with van der Waals surface area (Å²) in [5, 5.41) is 0. The molecule has 12 rings (SSSR count). The van der Waals surface area contributed by atoms with Gasteiger partial charge in [-0.2, -0.15) is 0 Å². The van der Waals surface area contributed by atoms with Crippen LogP contribution < -0.4 is 31.1 Å². The largest absolute Gasteiger partial charge is 0.334 e. The van der Waals surface area contributed by atoms with Gasteiger partial charge in [-0.15, -0.1) is 0 Å². The highest BCUT2D eigenvalue weighted by Gasteiger charge is 2.57. The lowest BCUT2D eigenvalue weighted by atomic mass is 9.33. The van der Waals surface area contributed by atoms with Crippen LogP contribution >= 0.6 is 0 Å². The summed E-state index contributed by atoms with van der Waals surface area (Å²) in [5.74, 6) is 0. The molecule has 3 heterocycles. The van der Waals surface area contributed by atoms with Crippen LogP contribution in [0.5, 0.6) is 0 Å². The normalized spacial score (nSPS) is 21.4. The van der Waals surface area contributed by atoms with E-state index in [-0.39, 0.29) is 44.7 Å². The first-order chi connectivity index (χ1) is 35.8.